The van der Waals surface area contributed by atoms with E-state index in [-0.39, 0.29) is 12.1 Å². The third-order valence-corrected chi connectivity index (χ3v) is 2.60. The Hall–Kier alpha value is -2.62. The third kappa shape index (κ3) is 7.09. The molecule has 0 spiro atoms. The van der Waals surface area contributed by atoms with Crippen LogP contribution in [0.5, 0.6) is 0 Å². The summed E-state index contributed by atoms with van der Waals surface area (Å²) in [5.41, 5.74) is 3.23. The van der Waals surface area contributed by atoms with E-state index in [2.05, 4.69) is 16.2 Å². The van der Waals surface area contributed by atoms with Crippen molar-refractivity contribution in [1.82, 2.24) is 10.9 Å². The van der Waals surface area contributed by atoms with Crippen molar-refractivity contribution in [3.63, 3.8) is 0 Å². The molecule has 0 aromatic heterocycles. The minimum atomic E-state index is -4.52. The lowest BCUT2D eigenvalue weighted by molar-refractivity contribution is -0.137. The van der Waals surface area contributed by atoms with Crippen molar-refractivity contribution >= 4 is 23.4 Å². The van der Waals surface area contributed by atoms with E-state index >= 15 is 0 Å². The van der Waals surface area contributed by atoms with Crippen molar-refractivity contribution in [3.8, 4) is 0 Å². The van der Waals surface area contributed by atoms with Gasteiger partial charge in [-0.05, 0) is 18.2 Å². The first-order chi connectivity index (χ1) is 11.2. The van der Waals surface area contributed by atoms with Gasteiger partial charge in [0.2, 0.25) is 11.8 Å². The molecule has 3 N–H and O–H groups in total. The molecular weight excluding hydrogens is 331 g/mol. The molecule has 24 heavy (non-hydrogen) atoms. The largest absolute Gasteiger partial charge is 0.416 e. The summed E-state index contributed by atoms with van der Waals surface area (Å²) in [6.07, 6.45) is -4.33. The number of carbonyl (C=O) groups is 3. The van der Waals surface area contributed by atoms with Gasteiger partial charge in [0.05, 0.1) is 5.56 Å². The molecule has 1 rings (SSSR count). The van der Waals surface area contributed by atoms with Crippen LogP contribution in [0, 0.1) is 0 Å². The minimum absolute atomic E-state index is 0.0434. The van der Waals surface area contributed by atoms with Crippen molar-refractivity contribution in [2.45, 2.75) is 19.5 Å². The fraction of sp³-hybridized carbons (Fsp3) is 0.357. The van der Waals surface area contributed by atoms with Gasteiger partial charge in [-0.2, -0.15) is 13.2 Å². The smallest absolute Gasteiger partial charge is 0.362 e. The van der Waals surface area contributed by atoms with Crippen molar-refractivity contribution in [1.29, 1.82) is 0 Å². The molecule has 0 fully saturated rings. The minimum Gasteiger partial charge on any atom is -0.362 e. The van der Waals surface area contributed by atoms with E-state index in [0.29, 0.717) is 0 Å². The molecule has 0 saturated heterocycles. The van der Waals surface area contributed by atoms with Gasteiger partial charge < -0.3 is 10.1 Å². The molecule has 1 aromatic rings. The number of benzene rings is 1. The van der Waals surface area contributed by atoms with E-state index in [1.807, 2.05) is 0 Å². The Morgan fingerprint density at radius 1 is 1.04 bits per heavy atom. The van der Waals surface area contributed by atoms with E-state index in [1.165, 1.54) is 6.07 Å². The Kier molecular flexibility index (Phi) is 7.18. The maximum absolute atomic E-state index is 12.5. The number of carbonyl (C=O) groups excluding carboxylic acids is 3. The van der Waals surface area contributed by atoms with Gasteiger partial charge in [-0.1, -0.05) is 13.0 Å². The van der Waals surface area contributed by atoms with E-state index < -0.39 is 42.7 Å². The molecule has 0 saturated carbocycles. The summed E-state index contributed by atoms with van der Waals surface area (Å²) >= 11 is 0. The van der Waals surface area contributed by atoms with Crippen LogP contribution in [0.1, 0.15) is 18.9 Å². The molecule has 0 aliphatic rings. The summed E-state index contributed by atoms with van der Waals surface area (Å²) in [6, 6.07) is 4.11. The Morgan fingerprint density at radius 3 is 2.29 bits per heavy atom. The highest BCUT2D eigenvalue weighted by molar-refractivity contribution is 5.92. The van der Waals surface area contributed by atoms with Crippen LogP contribution < -0.4 is 16.2 Å². The molecule has 1 aromatic carbocycles. The van der Waals surface area contributed by atoms with E-state index in [1.54, 1.807) is 6.92 Å². The Morgan fingerprint density at radius 2 is 1.67 bits per heavy atom. The Labute approximate surface area is 135 Å². The number of anilines is 1. The van der Waals surface area contributed by atoms with E-state index in [0.717, 1.165) is 18.2 Å². The molecule has 7 nitrogen and oxygen atoms in total. The number of nitrogens with one attached hydrogen (secondary N) is 3. The standard InChI is InChI=1S/C14H16F3N3O4/c1-2-11(21)19-20-13(23)8-24-7-12(22)18-10-5-3-4-9(6-10)14(15,16)17/h3-6H,2,7-8H2,1H3,(H,18,22)(H,19,21)(H,20,23). The third-order valence-electron chi connectivity index (χ3n) is 2.60. The molecular formula is C14H16F3N3O4. The lowest BCUT2D eigenvalue weighted by Gasteiger charge is -2.10. The van der Waals surface area contributed by atoms with E-state index in [9.17, 15) is 27.6 Å². The van der Waals surface area contributed by atoms with Crippen molar-refractivity contribution in [3.05, 3.63) is 29.8 Å². The zero-order valence-corrected chi connectivity index (χ0v) is 12.7. The highest BCUT2D eigenvalue weighted by Gasteiger charge is 2.30. The number of hydrazine groups is 1. The summed E-state index contributed by atoms with van der Waals surface area (Å²) in [6.45, 7) is 0.557. The van der Waals surface area contributed by atoms with Crippen molar-refractivity contribution in [2.24, 2.45) is 0 Å². The van der Waals surface area contributed by atoms with Crippen LogP contribution in [0.4, 0.5) is 18.9 Å². The number of alkyl halides is 3. The van der Waals surface area contributed by atoms with Gasteiger partial charge in [0.25, 0.3) is 5.91 Å². The van der Waals surface area contributed by atoms with Crippen LogP contribution in [-0.4, -0.2) is 30.9 Å². The quantitative estimate of drug-likeness (QED) is 0.674. The molecule has 0 aliphatic heterocycles. The van der Waals surface area contributed by atoms with Gasteiger partial charge in [0.15, 0.2) is 0 Å². The van der Waals surface area contributed by atoms with Gasteiger partial charge >= 0.3 is 6.18 Å². The van der Waals surface area contributed by atoms with Crippen LogP contribution in [0.15, 0.2) is 24.3 Å². The summed E-state index contributed by atoms with van der Waals surface area (Å²) < 4.78 is 42.4. The van der Waals surface area contributed by atoms with Gasteiger partial charge in [0, 0.05) is 12.1 Å². The number of amides is 3. The summed E-state index contributed by atoms with van der Waals surface area (Å²) in [4.78, 5) is 33.7. The zero-order chi connectivity index (χ0) is 18.2. The van der Waals surface area contributed by atoms with Crippen LogP contribution in [0.3, 0.4) is 0 Å². The fourth-order valence-electron chi connectivity index (χ4n) is 1.47. The van der Waals surface area contributed by atoms with Gasteiger partial charge in [-0.15, -0.1) is 0 Å². The number of ether oxygens (including phenoxy) is 1. The van der Waals surface area contributed by atoms with Gasteiger partial charge in [-0.3, -0.25) is 25.2 Å². The fourth-order valence-corrected chi connectivity index (χ4v) is 1.47. The second-order valence-corrected chi connectivity index (χ2v) is 4.57. The summed E-state index contributed by atoms with van der Waals surface area (Å²) in [5.74, 6) is -1.80. The van der Waals surface area contributed by atoms with Crippen LogP contribution in [0.2, 0.25) is 0 Å². The molecule has 0 bridgehead atoms. The molecule has 10 heteroatoms. The molecule has 132 valence electrons. The second kappa shape index (κ2) is 8.87. The van der Waals surface area contributed by atoms with Crippen LogP contribution >= 0.6 is 0 Å². The predicted molar refractivity (Wildman–Crippen MR) is 77.5 cm³/mol. The highest BCUT2D eigenvalue weighted by atomic mass is 19.4. The van der Waals surface area contributed by atoms with Crippen LogP contribution in [-0.2, 0) is 25.3 Å². The Bertz CT molecular complexity index is 605. The monoisotopic (exact) mass is 347 g/mol. The first-order valence-corrected chi connectivity index (χ1v) is 6.85. The normalized spacial score (nSPS) is 10.8. The average molecular weight is 347 g/mol. The molecule has 0 atom stereocenters. The average Bonchev–Trinajstić information content (AvgIpc) is 2.52. The number of halogens is 3. The molecule has 0 radical (unpaired) electrons. The lowest BCUT2D eigenvalue weighted by atomic mass is 10.2. The Balaban J connectivity index is 2.37. The van der Waals surface area contributed by atoms with Crippen molar-refractivity contribution in [2.75, 3.05) is 18.5 Å². The van der Waals surface area contributed by atoms with Crippen LogP contribution in [0.25, 0.3) is 0 Å². The summed E-state index contributed by atoms with van der Waals surface area (Å²) in [7, 11) is 0. The molecule has 0 unspecified atom stereocenters. The maximum atomic E-state index is 12.5. The lowest BCUT2D eigenvalue weighted by Crippen LogP contribution is -2.43. The second-order valence-electron chi connectivity index (χ2n) is 4.57. The predicted octanol–water partition coefficient (Wildman–Crippen LogP) is 1.22. The summed E-state index contributed by atoms with van der Waals surface area (Å²) in [5, 5.41) is 2.22. The molecule has 0 heterocycles. The number of rotatable bonds is 6. The topological polar surface area (TPSA) is 96.5 Å². The SMILES string of the molecule is CCC(=O)NNC(=O)COCC(=O)Nc1cccc(C(F)(F)F)c1. The number of hydrogen-bond donors (Lipinski definition) is 3. The van der Waals surface area contributed by atoms with Gasteiger partial charge in [0.1, 0.15) is 13.2 Å². The number of hydrogen-bond acceptors (Lipinski definition) is 4. The van der Waals surface area contributed by atoms with Crippen molar-refractivity contribution < 1.29 is 32.3 Å². The first-order valence-electron chi connectivity index (χ1n) is 6.85. The first kappa shape index (κ1) is 19.4. The van der Waals surface area contributed by atoms with Gasteiger partial charge in [-0.25, -0.2) is 0 Å². The molecule has 0 aliphatic carbocycles. The zero-order valence-electron chi connectivity index (χ0n) is 12.7. The maximum Gasteiger partial charge on any atom is 0.416 e. The molecule has 3 amide bonds. The highest BCUT2D eigenvalue weighted by Crippen LogP contribution is 2.30. The van der Waals surface area contributed by atoms with E-state index in [4.69, 9.17) is 4.74 Å².